The van der Waals surface area contributed by atoms with E-state index in [9.17, 15) is 4.79 Å². The lowest BCUT2D eigenvalue weighted by Crippen LogP contribution is -2.27. The molecule has 0 saturated heterocycles. The monoisotopic (exact) mass is 208 g/mol. The standard InChI is InChI=1S/C13H20O2/c1-4-10-5-12-6-11(10)7-13(12)8(2)15-9(3)14/h4,8,11-13H,5-7H2,1-3H3. The predicted molar refractivity (Wildman–Crippen MR) is 59.3 cm³/mol. The molecule has 2 bridgehead atoms. The van der Waals surface area contributed by atoms with E-state index in [1.54, 1.807) is 5.57 Å². The lowest BCUT2D eigenvalue weighted by molar-refractivity contribution is -0.148. The molecular weight excluding hydrogens is 188 g/mol. The van der Waals surface area contributed by atoms with Crippen LogP contribution < -0.4 is 0 Å². The van der Waals surface area contributed by atoms with Gasteiger partial charge in [-0.3, -0.25) is 4.79 Å². The Morgan fingerprint density at radius 3 is 2.73 bits per heavy atom. The highest BCUT2D eigenvalue weighted by molar-refractivity contribution is 5.66. The molecule has 0 N–H and O–H groups in total. The zero-order valence-electron chi connectivity index (χ0n) is 9.82. The van der Waals surface area contributed by atoms with Crippen LogP contribution in [-0.4, -0.2) is 12.1 Å². The molecule has 2 nitrogen and oxygen atoms in total. The zero-order chi connectivity index (χ0) is 11.0. The van der Waals surface area contributed by atoms with Crippen molar-refractivity contribution in [3.05, 3.63) is 11.6 Å². The minimum absolute atomic E-state index is 0.107. The minimum Gasteiger partial charge on any atom is -0.463 e. The van der Waals surface area contributed by atoms with Gasteiger partial charge in [0.25, 0.3) is 0 Å². The Kier molecular flexibility index (Phi) is 2.85. The van der Waals surface area contributed by atoms with Crippen LogP contribution in [0.4, 0.5) is 0 Å². The van der Waals surface area contributed by atoms with Gasteiger partial charge in [0.2, 0.25) is 0 Å². The normalized spacial score (nSPS) is 38.3. The van der Waals surface area contributed by atoms with Gasteiger partial charge in [-0.25, -0.2) is 0 Å². The number of fused-ring (bicyclic) bond motifs is 2. The number of esters is 1. The van der Waals surface area contributed by atoms with Crippen LogP contribution in [0, 0.1) is 17.8 Å². The number of hydrogen-bond donors (Lipinski definition) is 0. The Morgan fingerprint density at radius 1 is 1.53 bits per heavy atom. The van der Waals surface area contributed by atoms with E-state index in [0.29, 0.717) is 5.92 Å². The third-order valence-corrected chi connectivity index (χ3v) is 4.10. The number of hydrogen-bond acceptors (Lipinski definition) is 2. The lowest BCUT2D eigenvalue weighted by Gasteiger charge is -2.28. The second-order valence-electron chi connectivity index (χ2n) is 4.97. The van der Waals surface area contributed by atoms with Crippen LogP contribution >= 0.6 is 0 Å². The van der Waals surface area contributed by atoms with Crippen molar-refractivity contribution in [2.24, 2.45) is 17.8 Å². The van der Waals surface area contributed by atoms with Gasteiger partial charge in [0.1, 0.15) is 6.10 Å². The molecule has 0 aliphatic heterocycles. The summed E-state index contributed by atoms with van der Waals surface area (Å²) in [7, 11) is 0. The number of carbonyl (C=O) groups excluding carboxylic acids is 1. The molecule has 0 aromatic rings. The SMILES string of the molecule is CC=C1CC2CC1CC2C(C)OC(C)=O. The summed E-state index contributed by atoms with van der Waals surface area (Å²) in [5.74, 6) is 2.00. The van der Waals surface area contributed by atoms with Crippen LogP contribution in [0.3, 0.4) is 0 Å². The van der Waals surface area contributed by atoms with Crippen molar-refractivity contribution in [1.29, 1.82) is 0 Å². The second kappa shape index (κ2) is 3.99. The fourth-order valence-corrected chi connectivity index (χ4v) is 3.44. The Morgan fingerprint density at radius 2 is 2.27 bits per heavy atom. The fourth-order valence-electron chi connectivity index (χ4n) is 3.44. The van der Waals surface area contributed by atoms with Crippen molar-refractivity contribution in [3.8, 4) is 0 Å². The van der Waals surface area contributed by atoms with E-state index >= 15 is 0 Å². The van der Waals surface area contributed by atoms with Gasteiger partial charge in [-0.05, 0) is 50.9 Å². The Labute approximate surface area is 91.7 Å². The number of rotatable bonds is 2. The average molecular weight is 208 g/mol. The van der Waals surface area contributed by atoms with Crippen LogP contribution in [0.5, 0.6) is 0 Å². The van der Waals surface area contributed by atoms with Gasteiger partial charge < -0.3 is 4.74 Å². The molecule has 4 atom stereocenters. The van der Waals surface area contributed by atoms with Gasteiger partial charge in [-0.1, -0.05) is 11.6 Å². The fraction of sp³-hybridized carbons (Fsp3) is 0.769. The highest BCUT2D eigenvalue weighted by Crippen LogP contribution is 2.52. The summed E-state index contributed by atoms with van der Waals surface area (Å²) in [5, 5.41) is 0. The molecular formula is C13H20O2. The molecule has 2 saturated carbocycles. The number of ether oxygens (including phenoxy) is 1. The van der Waals surface area contributed by atoms with Crippen LogP contribution in [0.25, 0.3) is 0 Å². The molecule has 84 valence electrons. The zero-order valence-corrected chi connectivity index (χ0v) is 9.82. The molecule has 0 amide bonds. The molecule has 0 spiro atoms. The minimum atomic E-state index is -0.142. The smallest absolute Gasteiger partial charge is 0.302 e. The molecule has 2 rings (SSSR count). The van der Waals surface area contributed by atoms with Crippen molar-refractivity contribution in [1.82, 2.24) is 0 Å². The summed E-state index contributed by atoms with van der Waals surface area (Å²) in [6, 6.07) is 0. The topological polar surface area (TPSA) is 26.3 Å². The van der Waals surface area contributed by atoms with Crippen LogP contribution in [0.2, 0.25) is 0 Å². The summed E-state index contributed by atoms with van der Waals surface area (Å²) >= 11 is 0. The first-order valence-corrected chi connectivity index (χ1v) is 5.94. The first-order chi connectivity index (χ1) is 7.11. The Bertz CT molecular complexity index is 293. The molecule has 2 aliphatic carbocycles. The van der Waals surface area contributed by atoms with E-state index in [0.717, 1.165) is 11.8 Å². The van der Waals surface area contributed by atoms with Gasteiger partial charge in [-0.2, -0.15) is 0 Å². The predicted octanol–water partition coefficient (Wildman–Crippen LogP) is 2.93. The molecule has 15 heavy (non-hydrogen) atoms. The van der Waals surface area contributed by atoms with E-state index in [2.05, 4.69) is 13.0 Å². The van der Waals surface area contributed by atoms with Crippen molar-refractivity contribution in [2.45, 2.75) is 46.1 Å². The summed E-state index contributed by atoms with van der Waals surface area (Å²) in [6.07, 6.45) is 6.15. The first kappa shape index (κ1) is 10.7. The quantitative estimate of drug-likeness (QED) is 0.515. The van der Waals surface area contributed by atoms with E-state index < -0.39 is 0 Å². The van der Waals surface area contributed by atoms with Crippen molar-refractivity contribution in [2.75, 3.05) is 0 Å². The summed E-state index contributed by atoms with van der Waals surface area (Å²) in [5.41, 5.74) is 1.63. The molecule has 2 aliphatic rings. The van der Waals surface area contributed by atoms with Gasteiger partial charge in [0, 0.05) is 6.92 Å². The van der Waals surface area contributed by atoms with Gasteiger partial charge in [0.15, 0.2) is 0 Å². The van der Waals surface area contributed by atoms with Gasteiger partial charge in [-0.15, -0.1) is 0 Å². The maximum Gasteiger partial charge on any atom is 0.302 e. The molecule has 2 fully saturated rings. The third-order valence-electron chi connectivity index (χ3n) is 4.10. The Hall–Kier alpha value is -0.790. The number of allylic oxidation sites excluding steroid dienone is 2. The van der Waals surface area contributed by atoms with Crippen LogP contribution in [0.1, 0.15) is 40.0 Å². The van der Waals surface area contributed by atoms with E-state index in [1.165, 1.54) is 26.2 Å². The summed E-state index contributed by atoms with van der Waals surface area (Å²) in [4.78, 5) is 10.9. The van der Waals surface area contributed by atoms with Crippen LogP contribution in [-0.2, 0) is 9.53 Å². The molecule has 4 unspecified atom stereocenters. The molecule has 0 heterocycles. The third kappa shape index (κ3) is 1.95. The Balaban J connectivity index is 1.97. The van der Waals surface area contributed by atoms with E-state index in [-0.39, 0.29) is 12.1 Å². The second-order valence-corrected chi connectivity index (χ2v) is 4.97. The van der Waals surface area contributed by atoms with E-state index in [4.69, 9.17) is 4.74 Å². The molecule has 0 aromatic heterocycles. The van der Waals surface area contributed by atoms with Gasteiger partial charge >= 0.3 is 5.97 Å². The summed E-state index contributed by atoms with van der Waals surface area (Å²) < 4.78 is 5.30. The molecule has 0 radical (unpaired) electrons. The molecule has 0 aromatic carbocycles. The lowest BCUT2D eigenvalue weighted by atomic mass is 9.83. The van der Waals surface area contributed by atoms with E-state index in [1.807, 2.05) is 6.92 Å². The maximum atomic E-state index is 10.9. The van der Waals surface area contributed by atoms with Crippen molar-refractivity contribution < 1.29 is 9.53 Å². The first-order valence-electron chi connectivity index (χ1n) is 5.94. The largest absolute Gasteiger partial charge is 0.463 e. The highest BCUT2D eigenvalue weighted by Gasteiger charge is 2.45. The van der Waals surface area contributed by atoms with Crippen molar-refractivity contribution in [3.63, 3.8) is 0 Å². The average Bonchev–Trinajstić information content (AvgIpc) is 2.74. The molecule has 2 heteroatoms. The van der Waals surface area contributed by atoms with Crippen LogP contribution in [0.15, 0.2) is 11.6 Å². The van der Waals surface area contributed by atoms with Gasteiger partial charge in [0.05, 0.1) is 0 Å². The number of carbonyl (C=O) groups is 1. The highest BCUT2D eigenvalue weighted by atomic mass is 16.5. The maximum absolute atomic E-state index is 10.9. The summed E-state index contributed by atoms with van der Waals surface area (Å²) in [6.45, 7) is 5.68. The van der Waals surface area contributed by atoms with Crippen molar-refractivity contribution >= 4 is 5.97 Å².